The second-order valence-corrected chi connectivity index (χ2v) is 7.04. The predicted octanol–water partition coefficient (Wildman–Crippen LogP) is 3.90. The van der Waals surface area contributed by atoms with Crippen LogP contribution < -0.4 is 10.6 Å². The molecule has 0 radical (unpaired) electrons. The number of aromatic nitrogens is 1. The highest BCUT2D eigenvalue weighted by Gasteiger charge is 2.51. The minimum absolute atomic E-state index is 0.209. The van der Waals surface area contributed by atoms with Gasteiger partial charge in [-0.05, 0) is 45.6 Å². The van der Waals surface area contributed by atoms with Crippen molar-refractivity contribution < 1.29 is 32.2 Å². The molecule has 2 rings (SSSR count). The second kappa shape index (κ2) is 8.66. The maximum Gasteiger partial charge on any atom is 0.427 e. The van der Waals surface area contributed by atoms with Gasteiger partial charge in [0.2, 0.25) is 5.60 Å². The topological polar surface area (TPSA) is 89.6 Å². The first kappa shape index (κ1) is 21.8. The van der Waals surface area contributed by atoms with Crippen molar-refractivity contribution in [2.45, 2.75) is 51.8 Å². The zero-order valence-corrected chi connectivity index (χ0v) is 16.0. The smallest absolute Gasteiger partial charge is 0.427 e. The van der Waals surface area contributed by atoms with Gasteiger partial charge in [-0.2, -0.15) is 13.2 Å². The van der Waals surface area contributed by atoms with Crippen molar-refractivity contribution in [3.8, 4) is 0 Å². The number of amides is 1. The van der Waals surface area contributed by atoms with Gasteiger partial charge in [-0.25, -0.2) is 4.79 Å². The van der Waals surface area contributed by atoms with Crippen molar-refractivity contribution >= 4 is 23.4 Å². The molecule has 0 saturated carbocycles. The quantitative estimate of drug-likeness (QED) is 0.701. The number of rotatable bonds is 6. The van der Waals surface area contributed by atoms with E-state index < -0.39 is 17.9 Å². The highest BCUT2D eigenvalue weighted by molar-refractivity contribution is 5.85. The van der Waals surface area contributed by atoms with Crippen LogP contribution in [0.4, 0.5) is 29.3 Å². The van der Waals surface area contributed by atoms with E-state index in [0.29, 0.717) is 38.1 Å². The summed E-state index contributed by atoms with van der Waals surface area (Å²) in [4.78, 5) is 27.5. The number of esters is 1. The van der Waals surface area contributed by atoms with E-state index in [0.717, 1.165) is 19.5 Å². The summed E-state index contributed by atoms with van der Waals surface area (Å²) in [5.74, 6) is -0.0261. The summed E-state index contributed by atoms with van der Waals surface area (Å²) >= 11 is 0. The maximum absolute atomic E-state index is 12.8. The predicted molar refractivity (Wildman–Crippen MR) is 96.0 cm³/mol. The van der Waals surface area contributed by atoms with Gasteiger partial charge in [0.15, 0.2) is 0 Å². The highest BCUT2D eigenvalue weighted by atomic mass is 19.4. The minimum Gasteiger partial charge on any atom is -0.466 e. The van der Waals surface area contributed by atoms with Gasteiger partial charge >= 0.3 is 18.2 Å². The van der Waals surface area contributed by atoms with Crippen LogP contribution in [0.1, 0.15) is 39.3 Å². The fourth-order valence-electron chi connectivity index (χ4n) is 2.67. The molecule has 1 atom stereocenters. The largest absolute Gasteiger partial charge is 0.466 e. The zero-order valence-electron chi connectivity index (χ0n) is 16.0. The van der Waals surface area contributed by atoms with Gasteiger partial charge < -0.3 is 14.8 Å². The number of halogens is 3. The molecule has 0 saturated heterocycles. The van der Waals surface area contributed by atoms with Crippen molar-refractivity contribution in [2.75, 3.05) is 23.8 Å². The van der Waals surface area contributed by atoms with Crippen LogP contribution in [0.2, 0.25) is 0 Å². The van der Waals surface area contributed by atoms with Crippen LogP contribution in [-0.2, 0) is 20.7 Å². The molecule has 156 valence electrons. The van der Waals surface area contributed by atoms with Gasteiger partial charge in [-0.15, -0.1) is 0 Å². The van der Waals surface area contributed by atoms with Crippen LogP contribution in [0, 0.1) is 5.92 Å². The number of hydrogen-bond donors (Lipinski definition) is 2. The molecule has 1 aromatic rings. The number of fused-ring (bicyclic) bond motifs is 1. The molecule has 0 aliphatic carbocycles. The average Bonchev–Trinajstić information content (AvgIpc) is 2.58. The number of hydrogen-bond acceptors (Lipinski definition) is 6. The van der Waals surface area contributed by atoms with Crippen LogP contribution in [0.25, 0.3) is 0 Å². The zero-order chi connectivity index (χ0) is 20.9. The van der Waals surface area contributed by atoms with Gasteiger partial charge in [0.05, 0.1) is 29.9 Å². The summed E-state index contributed by atoms with van der Waals surface area (Å²) in [6.07, 6.45) is -2.91. The molecule has 0 bridgehead atoms. The van der Waals surface area contributed by atoms with Crippen molar-refractivity contribution in [1.82, 2.24) is 4.98 Å². The Kier molecular flexibility index (Phi) is 6.73. The number of alkyl halides is 3. The van der Waals surface area contributed by atoms with Crippen molar-refractivity contribution in [1.29, 1.82) is 0 Å². The maximum atomic E-state index is 12.8. The van der Waals surface area contributed by atoms with Gasteiger partial charge in [-0.3, -0.25) is 15.1 Å². The lowest BCUT2D eigenvalue weighted by atomic mass is 9.93. The fourth-order valence-corrected chi connectivity index (χ4v) is 2.67. The normalized spacial score (nSPS) is 16.6. The Labute approximate surface area is 161 Å². The van der Waals surface area contributed by atoms with Crippen LogP contribution in [-0.4, -0.2) is 42.0 Å². The first-order chi connectivity index (χ1) is 13.0. The Morgan fingerprint density at radius 1 is 1.36 bits per heavy atom. The summed E-state index contributed by atoms with van der Waals surface area (Å²) in [7, 11) is 0. The van der Waals surface area contributed by atoms with Crippen molar-refractivity contribution in [2.24, 2.45) is 5.92 Å². The molecule has 1 aliphatic rings. The summed E-state index contributed by atoms with van der Waals surface area (Å²) in [5.41, 5.74) is -0.947. The Morgan fingerprint density at radius 3 is 2.71 bits per heavy atom. The molecule has 0 fully saturated rings. The third-order valence-electron chi connectivity index (χ3n) is 4.37. The molecular weight excluding hydrogens is 379 g/mol. The Bertz CT molecular complexity index is 723. The molecule has 28 heavy (non-hydrogen) atoms. The molecule has 7 nitrogen and oxygen atoms in total. The SMILES string of the molecule is CCOC(=O)CC[C@@H]1CNc2cc(NC(=O)OC(C)(C)C(F)(F)F)cnc2C1. The Balaban J connectivity index is 1.93. The molecule has 0 aromatic carbocycles. The van der Waals surface area contributed by atoms with E-state index in [-0.39, 0.29) is 17.6 Å². The monoisotopic (exact) mass is 403 g/mol. The first-order valence-electron chi connectivity index (χ1n) is 8.97. The van der Waals surface area contributed by atoms with Gasteiger partial charge in [-0.1, -0.05) is 0 Å². The number of nitrogens with one attached hydrogen (secondary N) is 2. The van der Waals surface area contributed by atoms with E-state index in [4.69, 9.17) is 4.74 Å². The van der Waals surface area contributed by atoms with Crippen LogP contribution in [0.3, 0.4) is 0 Å². The third-order valence-corrected chi connectivity index (χ3v) is 4.37. The molecule has 0 unspecified atom stereocenters. The summed E-state index contributed by atoms with van der Waals surface area (Å²) in [6, 6.07) is 1.59. The standard InChI is InChI=1S/C18H24F3N3O4/c1-4-27-15(25)6-5-11-7-13-14(22-9-11)8-12(10-23-13)24-16(26)28-17(2,3)18(19,20)21/h8,10-11,22H,4-7,9H2,1-3H3,(H,24,26)/t11-/m0/s1. The first-order valence-corrected chi connectivity index (χ1v) is 8.97. The van der Waals surface area contributed by atoms with Crippen molar-refractivity contribution in [3.05, 3.63) is 18.0 Å². The third kappa shape index (κ3) is 5.74. The lowest BCUT2D eigenvalue weighted by Crippen LogP contribution is -2.44. The van der Waals surface area contributed by atoms with Crippen LogP contribution >= 0.6 is 0 Å². The van der Waals surface area contributed by atoms with E-state index in [1.807, 2.05) is 0 Å². The molecular formula is C18H24F3N3O4. The van der Waals surface area contributed by atoms with Crippen LogP contribution in [0.15, 0.2) is 12.3 Å². The lowest BCUT2D eigenvalue weighted by Gasteiger charge is -2.28. The van der Waals surface area contributed by atoms with Gasteiger partial charge in [0.25, 0.3) is 0 Å². The van der Waals surface area contributed by atoms with E-state index in [1.54, 1.807) is 13.0 Å². The second-order valence-electron chi connectivity index (χ2n) is 7.04. The molecule has 2 N–H and O–H groups in total. The Morgan fingerprint density at radius 2 is 2.07 bits per heavy atom. The molecule has 0 spiro atoms. The summed E-state index contributed by atoms with van der Waals surface area (Å²) in [5, 5.41) is 5.43. The number of carbonyl (C=O) groups excluding carboxylic acids is 2. The van der Waals surface area contributed by atoms with E-state index in [2.05, 4.69) is 20.4 Å². The van der Waals surface area contributed by atoms with Gasteiger partial charge in [0.1, 0.15) is 0 Å². The number of anilines is 2. The van der Waals surface area contributed by atoms with E-state index in [9.17, 15) is 22.8 Å². The molecule has 1 aliphatic heterocycles. The highest BCUT2D eigenvalue weighted by Crippen LogP contribution is 2.33. The number of pyridine rings is 1. The summed E-state index contributed by atoms with van der Waals surface area (Å²) in [6.45, 7) is 4.27. The molecule has 1 aromatic heterocycles. The average molecular weight is 403 g/mol. The number of carbonyl (C=O) groups is 2. The summed E-state index contributed by atoms with van der Waals surface area (Å²) < 4.78 is 47.8. The lowest BCUT2D eigenvalue weighted by molar-refractivity contribution is -0.242. The number of ether oxygens (including phenoxy) is 2. The van der Waals surface area contributed by atoms with E-state index >= 15 is 0 Å². The Hall–Kier alpha value is -2.52. The van der Waals surface area contributed by atoms with Crippen LogP contribution in [0.5, 0.6) is 0 Å². The minimum atomic E-state index is -4.68. The van der Waals surface area contributed by atoms with E-state index in [1.165, 1.54) is 6.20 Å². The molecule has 10 heteroatoms. The fraction of sp³-hybridized carbons (Fsp3) is 0.611. The molecule has 2 heterocycles. The number of nitrogens with zero attached hydrogens (tertiary/aromatic N) is 1. The van der Waals surface area contributed by atoms with Gasteiger partial charge in [0, 0.05) is 13.0 Å². The van der Waals surface area contributed by atoms with Crippen molar-refractivity contribution in [3.63, 3.8) is 0 Å². The molecule has 1 amide bonds.